The Hall–Kier alpha value is -2.40. The quantitative estimate of drug-likeness (QED) is 0.717. The summed E-state index contributed by atoms with van der Waals surface area (Å²) in [5, 5.41) is 11.1. The van der Waals surface area contributed by atoms with E-state index in [0.29, 0.717) is 18.2 Å². The Labute approximate surface area is 154 Å². The number of rotatable bonds is 3. The summed E-state index contributed by atoms with van der Waals surface area (Å²) < 4.78 is 87.5. The second-order valence-corrected chi connectivity index (χ2v) is 7.61. The summed E-state index contributed by atoms with van der Waals surface area (Å²) in [4.78, 5) is 10.9. The molecule has 0 saturated carbocycles. The number of nitrogens with one attached hydrogen (secondary N) is 1. The number of hydrogen-bond acceptors (Lipinski definition) is 4. The third-order valence-electron chi connectivity index (χ3n) is 3.41. The molecule has 2 aromatic carbocycles. The molecule has 0 aliphatic rings. The molecular weight excluding hydrogens is 421 g/mol. The summed E-state index contributed by atoms with van der Waals surface area (Å²) >= 11 is 5.68. The number of aryl methyl sites for hydroxylation is 1. The molecule has 1 amide bonds. The Morgan fingerprint density at radius 1 is 1.19 bits per heavy atom. The molecule has 12 heteroatoms. The summed E-state index contributed by atoms with van der Waals surface area (Å²) in [6.07, 6.45) is 0. The van der Waals surface area contributed by atoms with Crippen molar-refractivity contribution in [1.29, 1.82) is 0 Å². The van der Waals surface area contributed by atoms with Gasteiger partial charge in [-0.05, 0) is 36.8 Å². The molecule has 2 N–H and O–H groups in total. The number of phenolic OH excluding ortho intramolecular Hbond substituents is 1. The monoisotopic (exact) mass is 429 g/mol. The maximum absolute atomic E-state index is 13.8. The molecule has 27 heavy (non-hydrogen) atoms. The second-order valence-electron chi connectivity index (χ2n) is 5.26. The van der Waals surface area contributed by atoms with Gasteiger partial charge in [-0.3, -0.25) is 4.79 Å². The number of amides is 1. The van der Waals surface area contributed by atoms with Crippen molar-refractivity contribution < 1.29 is 40.3 Å². The van der Waals surface area contributed by atoms with Crippen LogP contribution in [0.1, 0.15) is 15.9 Å². The van der Waals surface area contributed by atoms with E-state index in [9.17, 15) is 40.3 Å². The number of halogens is 6. The first-order chi connectivity index (χ1) is 12.3. The fourth-order valence-electron chi connectivity index (χ4n) is 2.03. The number of phenols is 1. The minimum Gasteiger partial charge on any atom is -0.507 e. The van der Waals surface area contributed by atoms with Crippen molar-refractivity contribution in [3.05, 3.63) is 52.0 Å². The zero-order chi connectivity index (χ0) is 20.7. The molecular formula is C15H9ClF5NO4S. The van der Waals surface area contributed by atoms with Crippen molar-refractivity contribution in [3.63, 3.8) is 0 Å². The van der Waals surface area contributed by atoms with Gasteiger partial charge in [0.2, 0.25) is 0 Å². The van der Waals surface area contributed by atoms with Gasteiger partial charge in [0.25, 0.3) is 15.7 Å². The Balaban J connectivity index is 2.42. The fraction of sp³-hybridized carbons (Fsp3) is 0.133. The summed E-state index contributed by atoms with van der Waals surface area (Å²) in [5.74, 6) is -5.25. The van der Waals surface area contributed by atoms with E-state index in [2.05, 4.69) is 0 Å². The number of anilines is 1. The molecule has 0 unspecified atom stereocenters. The molecule has 0 heterocycles. The van der Waals surface area contributed by atoms with Gasteiger partial charge in [-0.2, -0.15) is 13.2 Å². The van der Waals surface area contributed by atoms with Crippen LogP contribution in [0.15, 0.2) is 29.2 Å². The number of aromatic hydroxyl groups is 1. The van der Waals surface area contributed by atoms with Gasteiger partial charge in [0.1, 0.15) is 11.3 Å². The third-order valence-corrected chi connectivity index (χ3v) is 5.21. The average Bonchev–Trinajstić information content (AvgIpc) is 2.54. The number of carbonyl (C=O) groups is 1. The first-order valence-electron chi connectivity index (χ1n) is 6.87. The standard InChI is InChI=1S/C15H9ClF5NO4S/c1-6-4-9(17)12(18)11(13(6)23)14(24)22-10-3-2-7(5-8(10)16)27(25,26)15(19,20)21/h2-5,23H,1H3,(H,22,24). The van der Waals surface area contributed by atoms with Gasteiger partial charge in [-0.15, -0.1) is 0 Å². The van der Waals surface area contributed by atoms with Crippen LogP contribution in [0.2, 0.25) is 5.02 Å². The van der Waals surface area contributed by atoms with Crippen molar-refractivity contribution >= 4 is 33.0 Å². The van der Waals surface area contributed by atoms with Crippen LogP contribution in [-0.2, 0) is 9.84 Å². The molecule has 0 fully saturated rings. The summed E-state index contributed by atoms with van der Waals surface area (Å²) in [5.41, 5.74) is -7.13. The third kappa shape index (κ3) is 3.83. The minimum absolute atomic E-state index is 0.142. The van der Waals surface area contributed by atoms with E-state index < -0.39 is 54.1 Å². The van der Waals surface area contributed by atoms with Gasteiger partial charge in [0, 0.05) is 0 Å². The topological polar surface area (TPSA) is 83.5 Å². The number of alkyl halides is 3. The number of sulfone groups is 1. The zero-order valence-corrected chi connectivity index (χ0v) is 14.7. The van der Waals surface area contributed by atoms with E-state index in [-0.39, 0.29) is 11.3 Å². The van der Waals surface area contributed by atoms with Crippen LogP contribution < -0.4 is 5.32 Å². The van der Waals surface area contributed by atoms with Crippen molar-refractivity contribution in [3.8, 4) is 5.75 Å². The van der Waals surface area contributed by atoms with E-state index in [1.807, 2.05) is 5.32 Å². The molecule has 0 atom stereocenters. The van der Waals surface area contributed by atoms with Crippen LogP contribution >= 0.6 is 11.6 Å². The Kier molecular flexibility index (Phi) is 5.39. The largest absolute Gasteiger partial charge is 0.507 e. The second kappa shape index (κ2) is 6.97. The van der Waals surface area contributed by atoms with Gasteiger partial charge in [-0.1, -0.05) is 11.6 Å². The van der Waals surface area contributed by atoms with Crippen LogP contribution in [0.25, 0.3) is 0 Å². The minimum atomic E-state index is -5.67. The Bertz CT molecular complexity index is 1010. The normalized spacial score (nSPS) is 12.1. The molecule has 2 aromatic rings. The highest BCUT2D eigenvalue weighted by Gasteiger charge is 2.47. The summed E-state index contributed by atoms with van der Waals surface area (Å²) in [7, 11) is -5.67. The predicted molar refractivity (Wildman–Crippen MR) is 85.4 cm³/mol. The SMILES string of the molecule is Cc1cc(F)c(F)c(C(=O)Nc2ccc(S(=O)(=O)C(F)(F)F)cc2Cl)c1O. The molecule has 0 aliphatic carbocycles. The lowest BCUT2D eigenvalue weighted by atomic mass is 10.1. The highest BCUT2D eigenvalue weighted by Crippen LogP contribution is 2.34. The summed E-state index contributed by atoms with van der Waals surface area (Å²) in [6, 6.07) is 2.36. The van der Waals surface area contributed by atoms with E-state index in [1.165, 1.54) is 6.92 Å². The Morgan fingerprint density at radius 2 is 1.78 bits per heavy atom. The molecule has 2 rings (SSSR count). The van der Waals surface area contributed by atoms with Gasteiger partial charge >= 0.3 is 5.51 Å². The van der Waals surface area contributed by atoms with E-state index in [4.69, 9.17) is 11.6 Å². The fourth-order valence-corrected chi connectivity index (χ4v) is 3.11. The lowest BCUT2D eigenvalue weighted by molar-refractivity contribution is -0.0436. The van der Waals surface area contributed by atoms with Crippen molar-refractivity contribution in [1.82, 2.24) is 0 Å². The lowest BCUT2D eigenvalue weighted by Crippen LogP contribution is -2.23. The molecule has 0 spiro atoms. The first kappa shape index (κ1) is 20.9. The summed E-state index contributed by atoms with van der Waals surface area (Å²) in [6.45, 7) is 1.21. The van der Waals surface area contributed by atoms with Crippen molar-refractivity contribution in [2.45, 2.75) is 17.3 Å². The first-order valence-corrected chi connectivity index (χ1v) is 8.73. The molecule has 0 radical (unpaired) electrons. The Morgan fingerprint density at radius 3 is 2.30 bits per heavy atom. The highest BCUT2D eigenvalue weighted by molar-refractivity contribution is 7.92. The van der Waals surface area contributed by atoms with Gasteiger partial charge in [-0.25, -0.2) is 17.2 Å². The van der Waals surface area contributed by atoms with Crippen LogP contribution in [0, 0.1) is 18.6 Å². The number of benzene rings is 2. The van der Waals surface area contributed by atoms with Gasteiger partial charge < -0.3 is 10.4 Å². The molecule has 0 aromatic heterocycles. The van der Waals surface area contributed by atoms with E-state index >= 15 is 0 Å². The van der Waals surface area contributed by atoms with Crippen molar-refractivity contribution in [2.24, 2.45) is 0 Å². The van der Waals surface area contributed by atoms with Crippen LogP contribution in [0.4, 0.5) is 27.6 Å². The number of carbonyl (C=O) groups excluding carboxylic acids is 1. The molecule has 0 saturated heterocycles. The van der Waals surface area contributed by atoms with Crippen LogP contribution in [0.3, 0.4) is 0 Å². The van der Waals surface area contributed by atoms with Crippen molar-refractivity contribution in [2.75, 3.05) is 5.32 Å². The highest BCUT2D eigenvalue weighted by atomic mass is 35.5. The van der Waals surface area contributed by atoms with Crippen LogP contribution in [0.5, 0.6) is 5.75 Å². The maximum Gasteiger partial charge on any atom is 0.501 e. The molecule has 0 bridgehead atoms. The maximum atomic E-state index is 13.8. The molecule has 146 valence electrons. The average molecular weight is 430 g/mol. The predicted octanol–water partition coefficient (Wildman–Crippen LogP) is 4.18. The van der Waals surface area contributed by atoms with Crippen LogP contribution in [-0.4, -0.2) is 24.9 Å². The smallest absolute Gasteiger partial charge is 0.501 e. The van der Waals surface area contributed by atoms with E-state index in [1.54, 1.807) is 0 Å². The molecule has 0 aliphatic heterocycles. The molecule has 5 nitrogen and oxygen atoms in total. The lowest BCUT2D eigenvalue weighted by Gasteiger charge is -2.13. The number of hydrogen-bond donors (Lipinski definition) is 2. The van der Waals surface area contributed by atoms with E-state index in [0.717, 1.165) is 6.07 Å². The van der Waals surface area contributed by atoms with Gasteiger partial charge in [0.05, 0.1) is 15.6 Å². The zero-order valence-electron chi connectivity index (χ0n) is 13.2. The van der Waals surface area contributed by atoms with Gasteiger partial charge in [0.15, 0.2) is 11.6 Å².